The van der Waals surface area contributed by atoms with Crippen LogP contribution in [0.1, 0.15) is 12.6 Å². The van der Waals surface area contributed by atoms with Crippen molar-refractivity contribution in [3.05, 3.63) is 59.7 Å². The number of anilines is 1. The topological polar surface area (TPSA) is 63.0 Å². The lowest BCUT2D eigenvalue weighted by atomic mass is 10.1. The number of aliphatic imine (C=N–C) groups is 2. The molecule has 110 valence electrons. The van der Waals surface area contributed by atoms with Crippen molar-refractivity contribution in [3.8, 4) is 5.75 Å². The van der Waals surface area contributed by atoms with E-state index in [9.17, 15) is 4.79 Å². The van der Waals surface area contributed by atoms with Crippen LogP contribution in [0.4, 0.5) is 5.69 Å². The second kappa shape index (κ2) is 5.11. The van der Waals surface area contributed by atoms with Crippen molar-refractivity contribution < 1.29 is 11.0 Å². The number of hydrogen-bond donors (Lipinski definition) is 1. The zero-order valence-electron chi connectivity index (χ0n) is 11.7. The first-order valence-corrected chi connectivity index (χ1v) is 7.04. The van der Waals surface area contributed by atoms with Crippen LogP contribution in [0.25, 0.3) is 0 Å². The van der Waals surface area contributed by atoms with E-state index in [1.807, 2.05) is 48.5 Å². The first-order chi connectivity index (χ1) is 10.8. The SMILES string of the molecule is O=C1COc2ccc(C3=NC(c4ccccc4)=NC3)cc2N1.[HH]. The molecule has 0 radical (unpaired) electrons. The van der Waals surface area contributed by atoms with Crippen molar-refractivity contribution in [2.45, 2.75) is 0 Å². The normalized spacial score (nSPS) is 16.3. The molecule has 0 unspecified atom stereocenters. The summed E-state index contributed by atoms with van der Waals surface area (Å²) in [5.41, 5.74) is 3.53. The van der Waals surface area contributed by atoms with Gasteiger partial charge in [-0.1, -0.05) is 30.3 Å². The Bertz CT molecular complexity index is 816. The van der Waals surface area contributed by atoms with Crippen molar-refractivity contribution >= 4 is 23.1 Å². The van der Waals surface area contributed by atoms with Crippen LogP contribution in [0.3, 0.4) is 0 Å². The molecule has 4 rings (SSSR count). The molecule has 2 aromatic carbocycles. The van der Waals surface area contributed by atoms with Gasteiger partial charge in [-0.05, 0) is 18.2 Å². The fourth-order valence-corrected chi connectivity index (χ4v) is 2.51. The molecule has 5 heteroatoms. The molecule has 0 saturated heterocycles. The van der Waals surface area contributed by atoms with E-state index >= 15 is 0 Å². The molecular formula is C17H15N3O2. The third-order valence-electron chi connectivity index (χ3n) is 3.60. The Labute approximate surface area is 128 Å². The largest absolute Gasteiger partial charge is 0.482 e. The fourth-order valence-electron chi connectivity index (χ4n) is 2.51. The monoisotopic (exact) mass is 293 g/mol. The minimum atomic E-state index is -0.140. The van der Waals surface area contributed by atoms with E-state index in [1.165, 1.54) is 0 Å². The predicted molar refractivity (Wildman–Crippen MR) is 87.1 cm³/mol. The van der Waals surface area contributed by atoms with E-state index in [1.54, 1.807) is 0 Å². The third-order valence-corrected chi connectivity index (χ3v) is 3.60. The zero-order valence-corrected chi connectivity index (χ0v) is 11.7. The molecule has 2 heterocycles. The van der Waals surface area contributed by atoms with Crippen LogP contribution in [-0.4, -0.2) is 30.6 Å². The molecule has 5 nitrogen and oxygen atoms in total. The summed E-state index contributed by atoms with van der Waals surface area (Å²) in [6.45, 7) is 0.604. The number of amides is 1. The van der Waals surface area contributed by atoms with Gasteiger partial charge in [0.2, 0.25) is 0 Å². The van der Waals surface area contributed by atoms with Crippen LogP contribution < -0.4 is 10.1 Å². The maximum Gasteiger partial charge on any atom is 0.262 e. The Morgan fingerprint density at radius 2 is 1.95 bits per heavy atom. The Morgan fingerprint density at radius 3 is 2.82 bits per heavy atom. The highest BCUT2D eigenvalue weighted by Crippen LogP contribution is 2.29. The molecule has 2 aliphatic heterocycles. The highest BCUT2D eigenvalue weighted by molar-refractivity contribution is 6.17. The van der Waals surface area contributed by atoms with Gasteiger partial charge in [0.15, 0.2) is 12.4 Å². The van der Waals surface area contributed by atoms with Crippen LogP contribution in [-0.2, 0) is 4.79 Å². The summed E-state index contributed by atoms with van der Waals surface area (Å²) in [7, 11) is 0. The molecule has 1 amide bonds. The molecule has 22 heavy (non-hydrogen) atoms. The molecule has 0 aliphatic carbocycles. The zero-order chi connectivity index (χ0) is 14.9. The average molecular weight is 293 g/mol. The minimum Gasteiger partial charge on any atom is -0.482 e. The number of ether oxygens (including phenoxy) is 1. The summed E-state index contributed by atoms with van der Waals surface area (Å²) in [5, 5.41) is 2.81. The van der Waals surface area contributed by atoms with Gasteiger partial charge in [-0.25, -0.2) is 4.99 Å². The van der Waals surface area contributed by atoms with Gasteiger partial charge >= 0.3 is 0 Å². The summed E-state index contributed by atoms with van der Waals surface area (Å²) in [6.07, 6.45) is 0. The molecule has 0 aromatic heterocycles. The van der Waals surface area contributed by atoms with Gasteiger partial charge in [0.1, 0.15) is 5.75 Å². The molecular weight excluding hydrogens is 278 g/mol. The highest BCUT2D eigenvalue weighted by Gasteiger charge is 2.19. The van der Waals surface area contributed by atoms with E-state index in [2.05, 4.69) is 15.3 Å². The number of hydrogen-bond acceptors (Lipinski definition) is 4. The second-order valence-corrected chi connectivity index (χ2v) is 5.11. The molecule has 0 atom stereocenters. The number of nitrogens with zero attached hydrogens (tertiary/aromatic N) is 2. The molecule has 0 fully saturated rings. The van der Waals surface area contributed by atoms with Gasteiger partial charge < -0.3 is 10.1 Å². The average Bonchev–Trinajstić information content (AvgIpc) is 3.05. The number of nitrogens with one attached hydrogen (secondary N) is 1. The predicted octanol–water partition coefficient (Wildman–Crippen LogP) is 2.51. The van der Waals surface area contributed by atoms with Crippen LogP contribution in [0.2, 0.25) is 0 Å². The van der Waals surface area contributed by atoms with Crippen LogP contribution in [0, 0.1) is 0 Å². The standard InChI is InChI=1S/C17H13N3O2.H2/c21-16-10-22-15-7-6-12(8-13(15)19-16)14-9-18-17(20-14)11-4-2-1-3-5-11;/h1-8H,9-10H2,(H,19,21);1H. The smallest absolute Gasteiger partial charge is 0.262 e. The van der Waals surface area contributed by atoms with Gasteiger partial charge in [-0.3, -0.25) is 9.79 Å². The first-order valence-electron chi connectivity index (χ1n) is 7.04. The first kappa shape index (κ1) is 12.8. The van der Waals surface area contributed by atoms with E-state index in [0.29, 0.717) is 18.0 Å². The van der Waals surface area contributed by atoms with E-state index < -0.39 is 0 Å². The number of carbonyl (C=O) groups excluding carboxylic acids is 1. The molecule has 1 N–H and O–H groups in total. The maximum absolute atomic E-state index is 11.4. The quantitative estimate of drug-likeness (QED) is 0.924. The van der Waals surface area contributed by atoms with Crippen molar-refractivity contribution in [2.75, 3.05) is 18.5 Å². The summed E-state index contributed by atoms with van der Waals surface area (Å²) in [5.74, 6) is 1.29. The van der Waals surface area contributed by atoms with E-state index in [0.717, 1.165) is 22.7 Å². The molecule has 0 saturated carbocycles. The van der Waals surface area contributed by atoms with Crippen molar-refractivity contribution in [1.29, 1.82) is 0 Å². The third kappa shape index (κ3) is 2.26. The van der Waals surface area contributed by atoms with Gasteiger partial charge in [-0.15, -0.1) is 0 Å². The van der Waals surface area contributed by atoms with Crippen molar-refractivity contribution in [3.63, 3.8) is 0 Å². The van der Waals surface area contributed by atoms with Gasteiger partial charge in [0.25, 0.3) is 5.91 Å². The Hall–Kier alpha value is -2.95. The number of fused-ring (bicyclic) bond motifs is 1. The van der Waals surface area contributed by atoms with Crippen LogP contribution in [0.5, 0.6) is 5.75 Å². The Kier molecular flexibility index (Phi) is 2.96. The second-order valence-electron chi connectivity index (χ2n) is 5.11. The highest BCUT2D eigenvalue weighted by atomic mass is 16.5. The summed E-state index contributed by atoms with van der Waals surface area (Å²) >= 11 is 0. The van der Waals surface area contributed by atoms with Crippen LogP contribution in [0.15, 0.2) is 58.5 Å². The molecule has 0 bridgehead atoms. The fraction of sp³-hybridized carbons (Fsp3) is 0.118. The molecule has 2 aliphatic rings. The number of benzene rings is 2. The van der Waals surface area contributed by atoms with Gasteiger partial charge in [0, 0.05) is 12.6 Å². The van der Waals surface area contributed by atoms with Gasteiger partial charge in [-0.2, -0.15) is 0 Å². The van der Waals surface area contributed by atoms with Crippen LogP contribution >= 0.6 is 0 Å². The Balaban J connectivity index is 0.00000156. The summed E-state index contributed by atoms with van der Waals surface area (Å²) in [6, 6.07) is 15.6. The molecule has 2 aromatic rings. The lowest BCUT2D eigenvalue weighted by molar-refractivity contribution is -0.118. The lowest BCUT2D eigenvalue weighted by Crippen LogP contribution is -2.25. The summed E-state index contributed by atoms with van der Waals surface area (Å²) < 4.78 is 5.36. The number of carbonyl (C=O) groups is 1. The van der Waals surface area contributed by atoms with E-state index in [-0.39, 0.29) is 13.9 Å². The van der Waals surface area contributed by atoms with E-state index in [4.69, 9.17) is 4.74 Å². The Morgan fingerprint density at radius 1 is 1.09 bits per heavy atom. The molecule has 0 spiro atoms. The minimum absolute atomic E-state index is 0. The number of amidine groups is 1. The van der Waals surface area contributed by atoms with Crippen molar-refractivity contribution in [1.82, 2.24) is 0 Å². The maximum atomic E-state index is 11.4. The van der Waals surface area contributed by atoms with Gasteiger partial charge in [0.05, 0.1) is 17.9 Å². The lowest BCUT2D eigenvalue weighted by Gasteiger charge is -2.18. The number of rotatable bonds is 2. The summed E-state index contributed by atoms with van der Waals surface area (Å²) in [4.78, 5) is 20.5. The van der Waals surface area contributed by atoms with Crippen molar-refractivity contribution in [2.24, 2.45) is 9.98 Å².